The minimum absolute atomic E-state index is 0.221. The van der Waals surface area contributed by atoms with E-state index in [1.165, 1.54) is 96.3 Å². The summed E-state index contributed by atoms with van der Waals surface area (Å²) >= 11 is 0. The number of amides is 1. The summed E-state index contributed by atoms with van der Waals surface area (Å²) in [5, 5.41) is 121. The van der Waals surface area contributed by atoms with E-state index in [-0.39, 0.29) is 18.9 Å². The van der Waals surface area contributed by atoms with Crippen LogP contribution >= 0.6 is 0 Å². The number of unbranched alkanes of at least 4 members (excludes halogenated alkanes) is 22. The number of aliphatic hydroxyl groups is 11. The molecule has 17 atom stereocenters. The number of carbonyl (C=O) groups is 1. The zero-order valence-electron chi connectivity index (χ0n) is 60.9. The van der Waals surface area contributed by atoms with E-state index in [4.69, 9.17) is 28.4 Å². The van der Waals surface area contributed by atoms with Crippen LogP contribution in [0.25, 0.3) is 0 Å². The highest BCUT2D eigenvalue weighted by molar-refractivity contribution is 5.76. The van der Waals surface area contributed by atoms with Crippen molar-refractivity contribution in [3.63, 3.8) is 0 Å². The van der Waals surface area contributed by atoms with Crippen LogP contribution in [0.4, 0.5) is 0 Å². The normalized spacial score (nSPS) is 27.2. The van der Waals surface area contributed by atoms with Crippen LogP contribution in [0, 0.1) is 0 Å². The third-order valence-corrected chi connectivity index (χ3v) is 18.2. The van der Waals surface area contributed by atoms with Gasteiger partial charge in [0.25, 0.3) is 0 Å². The van der Waals surface area contributed by atoms with Crippen molar-refractivity contribution < 1.29 is 89.4 Å². The lowest BCUT2D eigenvalue weighted by atomic mass is 9.96. The van der Waals surface area contributed by atoms with Gasteiger partial charge in [-0.2, -0.15) is 0 Å². The molecule has 17 unspecified atom stereocenters. The second kappa shape index (κ2) is 60.2. The molecule has 0 saturated carbocycles. The van der Waals surface area contributed by atoms with Crippen LogP contribution in [0.3, 0.4) is 0 Å². The molecule has 100 heavy (non-hydrogen) atoms. The molecule has 572 valence electrons. The maximum absolute atomic E-state index is 13.4. The smallest absolute Gasteiger partial charge is 0.220 e. The number of hydrogen-bond acceptors (Lipinski definition) is 18. The molecule has 0 aromatic heterocycles. The van der Waals surface area contributed by atoms with Crippen molar-refractivity contribution in [2.75, 3.05) is 26.4 Å². The molecule has 0 bridgehead atoms. The van der Waals surface area contributed by atoms with Crippen molar-refractivity contribution in [3.05, 3.63) is 134 Å². The predicted octanol–water partition coefficient (Wildman–Crippen LogP) is 12.1. The van der Waals surface area contributed by atoms with Crippen LogP contribution in [-0.4, -0.2) is 193 Å². The molecule has 0 aliphatic carbocycles. The predicted molar refractivity (Wildman–Crippen MR) is 396 cm³/mol. The third kappa shape index (κ3) is 40.3. The highest BCUT2D eigenvalue weighted by atomic mass is 16.8. The molecule has 3 heterocycles. The molecular weight excluding hydrogens is 1270 g/mol. The summed E-state index contributed by atoms with van der Waals surface area (Å²) < 4.78 is 34.4. The van der Waals surface area contributed by atoms with Gasteiger partial charge in [-0.25, -0.2) is 0 Å². The fourth-order valence-corrected chi connectivity index (χ4v) is 12.0. The minimum Gasteiger partial charge on any atom is -0.394 e. The molecule has 1 amide bonds. The Kier molecular flexibility index (Phi) is 54.3. The Bertz CT molecular complexity index is 2330. The molecule has 19 nitrogen and oxygen atoms in total. The van der Waals surface area contributed by atoms with Crippen LogP contribution in [0.2, 0.25) is 0 Å². The average Bonchev–Trinajstić information content (AvgIpc) is 0.783. The second-order valence-corrected chi connectivity index (χ2v) is 26.7. The van der Waals surface area contributed by atoms with Crippen molar-refractivity contribution >= 4 is 5.91 Å². The maximum Gasteiger partial charge on any atom is 0.220 e. The van der Waals surface area contributed by atoms with Crippen molar-refractivity contribution in [1.29, 1.82) is 0 Å². The summed E-state index contributed by atoms with van der Waals surface area (Å²) in [5.74, 6) is -0.297. The van der Waals surface area contributed by atoms with Gasteiger partial charge >= 0.3 is 0 Å². The quantitative estimate of drug-likeness (QED) is 0.0199. The zero-order valence-corrected chi connectivity index (χ0v) is 60.9. The van der Waals surface area contributed by atoms with E-state index in [9.17, 15) is 61.0 Å². The standard InChI is InChI=1S/C81H135NO18/c1-3-5-7-9-11-13-15-17-19-21-23-24-25-26-27-28-29-30-31-32-33-34-35-36-37-38-39-40-41-43-45-47-49-51-53-55-57-59-69(87)82-64(65(86)58-56-54-52-50-48-46-44-42-22-20-18-16-14-12-10-8-6-4-2)63-95-79-75(93)72(90)77(67(61-84)97-79)100-81-76(94)73(91)78(68(62-85)98-81)99-80-74(92)71(89)70(88)66(60-83)96-80/h5,7,11,13,17,19,22-24,26-27,29-30,32-33,35-36,42,48,50,56,58,64-68,70-81,83-86,88-94H,3-4,6,8-10,12,14-16,18,20-21,25,28,31,34,37-41,43-47,49,51-55,57,59-63H2,1-2H3,(H,82,87)/b7-5-,13-11-,19-17-,24-23-,27-26-,30-29-,33-32-,36-35-,42-22+,50-48+,58-56+. The summed E-state index contributed by atoms with van der Waals surface area (Å²) in [6.07, 6.45) is 58.6. The van der Waals surface area contributed by atoms with Gasteiger partial charge in [-0.1, -0.05) is 257 Å². The molecule has 0 spiro atoms. The van der Waals surface area contributed by atoms with Gasteiger partial charge < -0.3 is 89.9 Å². The van der Waals surface area contributed by atoms with Gasteiger partial charge in [-0.3, -0.25) is 4.79 Å². The SMILES string of the molecule is CC/C=C\C/C=C\C/C=C\C/C=C\C/C=C\C/C=C\C/C=C\C/C=C\CCCCCCCCCCCCCCC(=O)NC(COC1OC(CO)C(OC2OC(CO)C(OC3OC(CO)C(O)C(O)C3O)C(O)C2O)C(O)C1O)C(O)/C=C/CC/C=C/CC/C=C/CCCCCCCCCC. The van der Waals surface area contributed by atoms with Crippen molar-refractivity contribution in [1.82, 2.24) is 5.32 Å². The molecule has 0 aromatic carbocycles. The van der Waals surface area contributed by atoms with Crippen LogP contribution in [0.5, 0.6) is 0 Å². The Balaban J connectivity index is 1.37. The first kappa shape index (κ1) is 90.1. The van der Waals surface area contributed by atoms with Crippen molar-refractivity contribution in [2.45, 2.75) is 343 Å². The summed E-state index contributed by atoms with van der Waals surface area (Å²) in [5.41, 5.74) is 0. The van der Waals surface area contributed by atoms with Crippen LogP contribution < -0.4 is 5.32 Å². The number of carbonyl (C=O) groups excluding carboxylic acids is 1. The van der Waals surface area contributed by atoms with E-state index in [1.54, 1.807) is 6.08 Å². The van der Waals surface area contributed by atoms with E-state index < -0.39 is 124 Å². The average molecular weight is 1410 g/mol. The fourth-order valence-electron chi connectivity index (χ4n) is 12.0. The third-order valence-electron chi connectivity index (χ3n) is 18.2. The number of nitrogens with one attached hydrogen (secondary N) is 1. The van der Waals surface area contributed by atoms with E-state index in [0.29, 0.717) is 12.8 Å². The Morgan fingerprint density at radius 2 is 0.700 bits per heavy atom. The molecule has 3 aliphatic heterocycles. The van der Waals surface area contributed by atoms with E-state index in [0.717, 1.165) is 109 Å². The first-order valence-electron chi connectivity index (χ1n) is 38.4. The van der Waals surface area contributed by atoms with Crippen molar-refractivity contribution in [2.24, 2.45) is 0 Å². The van der Waals surface area contributed by atoms with Crippen LogP contribution in [0.1, 0.15) is 239 Å². The largest absolute Gasteiger partial charge is 0.394 e. The highest BCUT2D eigenvalue weighted by Crippen LogP contribution is 2.33. The fraction of sp³-hybridized carbons (Fsp3) is 0.716. The molecule has 19 heteroatoms. The molecule has 0 aromatic rings. The number of rotatable bonds is 58. The lowest BCUT2D eigenvalue weighted by molar-refractivity contribution is -0.379. The van der Waals surface area contributed by atoms with Gasteiger partial charge in [0.2, 0.25) is 5.91 Å². The molecule has 3 rings (SSSR count). The molecule has 3 saturated heterocycles. The lowest BCUT2D eigenvalue weighted by Crippen LogP contribution is -2.66. The molecule has 3 aliphatic rings. The summed E-state index contributed by atoms with van der Waals surface area (Å²) in [6, 6.07) is -1.01. The van der Waals surface area contributed by atoms with Gasteiger partial charge in [-0.05, 0) is 109 Å². The lowest BCUT2D eigenvalue weighted by Gasteiger charge is -2.48. The Morgan fingerprint density at radius 3 is 1.12 bits per heavy atom. The van der Waals surface area contributed by atoms with E-state index in [1.807, 2.05) is 6.08 Å². The minimum atomic E-state index is -1.99. The van der Waals surface area contributed by atoms with E-state index >= 15 is 0 Å². The van der Waals surface area contributed by atoms with Gasteiger partial charge in [-0.15, -0.1) is 0 Å². The monoisotopic (exact) mass is 1410 g/mol. The van der Waals surface area contributed by atoms with E-state index in [2.05, 4.69) is 141 Å². The number of aliphatic hydroxyl groups excluding tert-OH is 11. The second-order valence-electron chi connectivity index (χ2n) is 26.7. The molecule has 12 N–H and O–H groups in total. The number of allylic oxidation sites excluding steroid dienone is 21. The Labute approximate surface area is 600 Å². The number of hydrogen-bond donors (Lipinski definition) is 12. The Hall–Kier alpha value is -4.07. The summed E-state index contributed by atoms with van der Waals surface area (Å²) in [7, 11) is 0. The molecular formula is C81H135NO18. The zero-order chi connectivity index (χ0) is 72.5. The van der Waals surface area contributed by atoms with Crippen LogP contribution in [-0.2, 0) is 33.2 Å². The summed E-state index contributed by atoms with van der Waals surface area (Å²) in [4.78, 5) is 13.4. The summed E-state index contributed by atoms with van der Waals surface area (Å²) in [6.45, 7) is 1.58. The topological polar surface area (TPSA) is 307 Å². The van der Waals surface area contributed by atoms with Crippen LogP contribution in [0.15, 0.2) is 134 Å². The first-order valence-corrected chi connectivity index (χ1v) is 38.4. The number of ether oxygens (including phenoxy) is 6. The van der Waals surface area contributed by atoms with Gasteiger partial charge in [0.05, 0.1) is 38.6 Å². The van der Waals surface area contributed by atoms with Gasteiger partial charge in [0, 0.05) is 6.42 Å². The molecule has 3 fully saturated rings. The Morgan fingerprint density at radius 1 is 0.370 bits per heavy atom. The van der Waals surface area contributed by atoms with Crippen molar-refractivity contribution in [3.8, 4) is 0 Å². The van der Waals surface area contributed by atoms with Gasteiger partial charge in [0.1, 0.15) is 73.2 Å². The highest BCUT2D eigenvalue weighted by Gasteiger charge is 2.53. The maximum atomic E-state index is 13.4. The van der Waals surface area contributed by atoms with Gasteiger partial charge in [0.15, 0.2) is 18.9 Å². The molecule has 0 radical (unpaired) electrons. The first-order chi connectivity index (χ1) is 48.8.